The highest BCUT2D eigenvalue weighted by Gasteiger charge is 2.25. The van der Waals surface area contributed by atoms with E-state index in [4.69, 9.17) is 9.97 Å². The predicted molar refractivity (Wildman–Crippen MR) is 190 cm³/mol. The lowest BCUT2D eigenvalue weighted by Gasteiger charge is -2.02. The number of nitrogens with one attached hydrogen (secondary N) is 3. The topological polar surface area (TPSA) is 73.2 Å². The Kier molecular flexibility index (Phi) is 7.77. The van der Waals surface area contributed by atoms with Crippen LogP contribution in [0.2, 0.25) is 0 Å². The number of rotatable bonds is 5. The van der Waals surface area contributed by atoms with E-state index >= 15 is 0 Å². The number of fused-ring (bicyclic) bond motifs is 11. The van der Waals surface area contributed by atoms with Crippen molar-refractivity contribution in [2.24, 2.45) is 0 Å². The first kappa shape index (κ1) is 29.9. The van der Waals surface area contributed by atoms with E-state index < -0.39 is 0 Å². The van der Waals surface area contributed by atoms with Gasteiger partial charge in [0.1, 0.15) is 0 Å². The summed E-state index contributed by atoms with van der Waals surface area (Å²) < 4.78 is 0. The van der Waals surface area contributed by atoms with Crippen LogP contribution in [0.3, 0.4) is 0 Å². The van der Waals surface area contributed by atoms with Crippen LogP contribution < -0.4 is 0 Å². The second-order valence-electron chi connectivity index (χ2n) is 12.4. The minimum Gasteiger partial charge on any atom is -0.355 e. The van der Waals surface area contributed by atoms with Gasteiger partial charge in [-0.15, -0.1) is 0 Å². The fraction of sp³-hybridized carbons (Fsp3) is 0.385. The van der Waals surface area contributed by atoms with Crippen LogP contribution in [0, 0.1) is 20.8 Å². The molecular weight excluding hydrogens is 538 g/mol. The fourth-order valence-corrected chi connectivity index (χ4v) is 7.57. The molecule has 2 aliphatic heterocycles. The molecule has 6 rings (SSSR count). The number of allylic oxidation sites excluding steroid dienone is 4. The molecule has 4 aromatic rings. The number of aromatic amines is 3. The highest BCUT2D eigenvalue weighted by atomic mass is 14.8. The molecule has 4 aromatic heterocycles. The van der Waals surface area contributed by atoms with Crippen LogP contribution in [0.4, 0.5) is 0 Å². The molecule has 10 bridgehead atoms. The Morgan fingerprint density at radius 1 is 0.432 bits per heavy atom. The minimum atomic E-state index is 0.926. The van der Waals surface area contributed by atoms with Crippen LogP contribution in [0.25, 0.3) is 55.4 Å². The normalized spacial score (nSPS) is 13.5. The van der Waals surface area contributed by atoms with Gasteiger partial charge in [-0.3, -0.25) is 0 Å². The fourth-order valence-electron chi connectivity index (χ4n) is 7.57. The Morgan fingerprint density at radius 3 is 1.07 bits per heavy atom. The maximum atomic E-state index is 5.31. The van der Waals surface area contributed by atoms with Crippen LogP contribution in [-0.4, -0.2) is 24.9 Å². The smallest absolute Gasteiger partial charge is 0.0929 e. The Labute approximate surface area is 261 Å². The van der Waals surface area contributed by atoms with Crippen molar-refractivity contribution < 1.29 is 0 Å². The van der Waals surface area contributed by atoms with E-state index in [-0.39, 0.29) is 0 Å². The quantitative estimate of drug-likeness (QED) is 0.218. The van der Waals surface area contributed by atoms with Gasteiger partial charge in [-0.05, 0) is 147 Å². The van der Waals surface area contributed by atoms with Gasteiger partial charge in [-0.2, -0.15) is 0 Å². The van der Waals surface area contributed by atoms with Crippen molar-refractivity contribution in [2.75, 3.05) is 0 Å². The van der Waals surface area contributed by atoms with Gasteiger partial charge in [0.15, 0.2) is 0 Å². The molecule has 6 heterocycles. The number of aromatic nitrogens is 5. The second-order valence-corrected chi connectivity index (χ2v) is 12.4. The third-order valence-corrected chi connectivity index (χ3v) is 10.2. The molecule has 0 radical (unpaired) electrons. The summed E-state index contributed by atoms with van der Waals surface area (Å²) in [6, 6.07) is 9.15. The van der Waals surface area contributed by atoms with Gasteiger partial charge in [0.05, 0.1) is 22.8 Å². The number of hydrogen-bond donors (Lipinski definition) is 3. The summed E-state index contributed by atoms with van der Waals surface area (Å²) in [5.41, 5.74) is 24.1. The van der Waals surface area contributed by atoms with E-state index in [1.165, 1.54) is 61.2 Å². The molecule has 0 amide bonds. The van der Waals surface area contributed by atoms with Crippen molar-refractivity contribution in [1.29, 1.82) is 0 Å². The second kappa shape index (κ2) is 11.4. The van der Waals surface area contributed by atoms with Crippen molar-refractivity contribution in [3.63, 3.8) is 0 Å². The molecule has 0 saturated heterocycles. The zero-order valence-corrected chi connectivity index (χ0v) is 28.2. The Hall–Kier alpha value is -4.12. The van der Waals surface area contributed by atoms with Crippen LogP contribution in [0.5, 0.6) is 0 Å². The molecule has 0 aromatic carbocycles. The standard InChI is InChI=1S/C39H47N5/c1-11-25-20(6)30-16-31-21(7)26(12-2)34(41-31)18-36-28(14-4)23(9)38(43-36)39-24(10)29(15-5)37(44-39)19-35-27(13-3)22(8)32(42-35)17-33(25)40-30/h16-19,40-42H,11-15H2,1-10H3. The third-order valence-electron chi connectivity index (χ3n) is 10.2. The van der Waals surface area contributed by atoms with E-state index in [2.05, 4.69) is 108 Å². The lowest BCUT2D eigenvalue weighted by molar-refractivity contribution is 1.14. The van der Waals surface area contributed by atoms with Gasteiger partial charge < -0.3 is 15.0 Å². The molecule has 0 saturated carbocycles. The van der Waals surface area contributed by atoms with Crippen molar-refractivity contribution >= 4 is 55.4 Å². The van der Waals surface area contributed by atoms with E-state index in [1.54, 1.807) is 0 Å². The SMILES string of the molecule is CCC1=C(C)c2nc1cc1[nH]c(cc3[nH]c(cc4[nH]c(cc5nc2C(C)=C5CC)c(CC)c4C)c(CC)c3C)c(C)c1CC. The van der Waals surface area contributed by atoms with Gasteiger partial charge in [0, 0.05) is 33.1 Å². The molecule has 5 nitrogen and oxygen atoms in total. The Balaban J connectivity index is 1.85. The molecule has 228 valence electrons. The largest absolute Gasteiger partial charge is 0.355 e. The summed E-state index contributed by atoms with van der Waals surface area (Å²) in [7, 11) is 0. The summed E-state index contributed by atoms with van der Waals surface area (Å²) in [4.78, 5) is 22.0. The number of aryl methyl sites for hydroxylation is 6. The average Bonchev–Trinajstić information content (AvgIpc) is 3.74. The Morgan fingerprint density at radius 2 is 0.750 bits per heavy atom. The molecule has 5 heteroatoms. The highest BCUT2D eigenvalue weighted by Crippen LogP contribution is 2.40. The van der Waals surface area contributed by atoms with Crippen LogP contribution in [-0.2, 0) is 19.3 Å². The summed E-state index contributed by atoms with van der Waals surface area (Å²) >= 11 is 0. The summed E-state index contributed by atoms with van der Waals surface area (Å²) in [5, 5.41) is 0. The van der Waals surface area contributed by atoms with E-state index in [0.29, 0.717) is 0 Å². The molecular formula is C39H47N5. The van der Waals surface area contributed by atoms with Crippen LogP contribution in [0.15, 0.2) is 24.3 Å². The van der Waals surface area contributed by atoms with E-state index in [9.17, 15) is 0 Å². The average molecular weight is 586 g/mol. The first-order chi connectivity index (χ1) is 21.1. The molecule has 44 heavy (non-hydrogen) atoms. The van der Waals surface area contributed by atoms with Gasteiger partial charge in [-0.1, -0.05) is 34.6 Å². The molecule has 2 aliphatic rings. The monoisotopic (exact) mass is 585 g/mol. The van der Waals surface area contributed by atoms with E-state index in [1.807, 2.05) is 0 Å². The maximum absolute atomic E-state index is 5.31. The van der Waals surface area contributed by atoms with Gasteiger partial charge in [0.25, 0.3) is 0 Å². The molecule has 0 unspecified atom stereocenters. The first-order valence-corrected chi connectivity index (χ1v) is 16.5. The molecule has 0 fully saturated rings. The lowest BCUT2D eigenvalue weighted by atomic mass is 9.99. The summed E-state index contributed by atoms with van der Waals surface area (Å²) in [6.07, 6.45) is 4.73. The summed E-state index contributed by atoms with van der Waals surface area (Å²) in [5.74, 6) is 0. The van der Waals surface area contributed by atoms with Crippen molar-refractivity contribution in [2.45, 2.75) is 101 Å². The summed E-state index contributed by atoms with van der Waals surface area (Å²) in [6.45, 7) is 22.4. The number of nitrogens with zero attached hydrogens (tertiary/aromatic N) is 2. The van der Waals surface area contributed by atoms with Gasteiger partial charge in [0.2, 0.25) is 0 Å². The van der Waals surface area contributed by atoms with Crippen molar-refractivity contribution in [3.05, 3.63) is 80.4 Å². The highest BCUT2D eigenvalue weighted by molar-refractivity contribution is 5.99. The number of H-pyrrole nitrogens is 3. The molecule has 3 N–H and O–H groups in total. The zero-order valence-electron chi connectivity index (χ0n) is 28.2. The van der Waals surface area contributed by atoms with Crippen LogP contribution in [0.1, 0.15) is 117 Å². The molecule has 0 atom stereocenters. The van der Waals surface area contributed by atoms with Gasteiger partial charge in [-0.25, -0.2) is 9.97 Å². The Bertz CT molecular complexity index is 2090. The maximum Gasteiger partial charge on any atom is 0.0929 e. The number of hydrogen-bond acceptors (Lipinski definition) is 2. The van der Waals surface area contributed by atoms with Crippen LogP contribution >= 0.6 is 0 Å². The van der Waals surface area contributed by atoms with Gasteiger partial charge >= 0.3 is 0 Å². The lowest BCUT2D eigenvalue weighted by Crippen LogP contribution is -1.88. The predicted octanol–water partition coefficient (Wildman–Crippen LogP) is 10.7. The van der Waals surface area contributed by atoms with Crippen molar-refractivity contribution in [3.8, 4) is 0 Å². The van der Waals surface area contributed by atoms with E-state index in [0.717, 1.165) is 82.5 Å². The van der Waals surface area contributed by atoms with Crippen molar-refractivity contribution in [1.82, 2.24) is 24.9 Å². The third kappa shape index (κ3) is 4.60. The first-order valence-electron chi connectivity index (χ1n) is 16.5. The molecule has 0 spiro atoms. The minimum absolute atomic E-state index is 0.926. The zero-order chi connectivity index (χ0) is 31.4. The molecule has 0 aliphatic carbocycles.